The van der Waals surface area contributed by atoms with Crippen LogP contribution in [0, 0.1) is 0 Å². The first kappa shape index (κ1) is 19.9. The van der Waals surface area contributed by atoms with E-state index >= 15 is 0 Å². The van der Waals surface area contributed by atoms with Crippen molar-refractivity contribution in [3.8, 4) is 0 Å². The average molecular weight is 435 g/mol. The van der Waals surface area contributed by atoms with Crippen molar-refractivity contribution < 1.29 is 22.8 Å². The maximum atomic E-state index is 12.8. The number of hydrogen-bond acceptors (Lipinski definition) is 3. The quantitative estimate of drug-likeness (QED) is 0.674. The number of amides is 2. The van der Waals surface area contributed by atoms with Crippen LogP contribution in [0.5, 0.6) is 0 Å². The van der Waals surface area contributed by atoms with Crippen LogP contribution in [0.25, 0.3) is 0 Å². The van der Waals surface area contributed by atoms with E-state index in [0.717, 1.165) is 23.9 Å². The second-order valence-electron chi connectivity index (χ2n) is 5.68. The van der Waals surface area contributed by atoms with Gasteiger partial charge in [-0.25, -0.2) is 0 Å². The van der Waals surface area contributed by atoms with Gasteiger partial charge in [0.05, 0.1) is 27.2 Å². The van der Waals surface area contributed by atoms with Crippen molar-refractivity contribution in [1.82, 2.24) is 0 Å². The van der Waals surface area contributed by atoms with Crippen molar-refractivity contribution in [2.75, 3.05) is 10.6 Å². The lowest BCUT2D eigenvalue weighted by Gasteiger charge is -2.24. The van der Waals surface area contributed by atoms with Gasteiger partial charge in [-0.2, -0.15) is 13.2 Å². The van der Waals surface area contributed by atoms with E-state index in [9.17, 15) is 22.8 Å². The molecular formula is C17H11Cl2F3N2O2S. The summed E-state index contributed by atoms with van der Waals surface area (Å²) in [5.74, 6) is -1.01. The van der Waals surface area contributed by atoms with E-state index in [1.165, 1.54) is 18.2 Å². The maximum absolute atomic E-state index is 12.8. The molecule has 142 valence electrons. The number of anilines is 2. The molecule has 0 unspecified atom stereocenters. The molecule has 1 aliphatic rings. The second-order valence-corrected chi connectivity index (χ2v) is 7.77. The molecule has 4 nitrogen and oxygen atoms in total. The summed E-state index contributed by atoms with van der Waals surface area (Å²) in [5.41, 5.74) is -0.464. The first-order valence-electron chi connectivity index (χ1n) is 7.57. The van der Waals surface area contributed by atoms with E-state index in [1.807, 2.05) is 0 Å². The molecule has 0 bridgehead atoms. The van der Waals surface area contributed by atoms with Crippen LogP contribution in [0.1, 0.15) is 12.0 Å². The Morgan fingerprint density at radius 1 is 1.19 bits per heavy atom. The van der Waals surface area contributed by atoms with E-state index in [-0.39, 0.29) is 12.1 Å². The number of benzene rings is 2. The summed E-state index contributed by atoms with van der Waals surface area (Å²) in [6.07, 6.45) is -4.68. The molecule has 1 aliphatic heterocycles. The highest BCUT2D eigenvalue weighted by molar-refractivity contribution is 8.01. The molecule has 0 saturated carbocycles. The highest BCUT2D eigenvalue weighted by Gasteiger charge is 2.34. The van der Waals surface area contributed by atoms with Crippen LogP contribution in [0.2, 0.25) is 10.0 Å². The average Bonchev–Trinajstić information content (AvgIpc) is 2.57. The van der Waals surface area contributed by atoms with E-state index in [0.29, 0.717) is 20.6 Å². The van der Waals surface area contributed by atoms with Gasteiger partial charge in [0.2, 0.25) is 11.8 Å². The number of carbonyl (C=O) groups is 2. The van der Waals surface area contributed by atoms with Gasteiger partial charge in [-0.3, -0.25) is 9.59 Å². The molecule has 0 spiro atoms. The fourth-order valence-electron chi connectivity index (χ4n) is 2.42. The Morgan fingerprint density at radius 2 is 1.93 bits per heavy atom. The highest BCUT2D eigenvalue weighted by Crippen LogP contribution is 2.40. The molecule has 0 radical (unpaired) electrons. The van der Waals surface area contributed by atoms with Crippen LogP contribution >= 0.6 is 35.0 Å². The van der Waals surface area contributed by atoms with Gasteiger partial charge in [0, 0.05) is 16.3 Å². The summed E-state index contributed by atoms with van der Waals surface area (Å²) in [6.45, 7) is 0. The molecule has 10 heteroatoms. The summed E-state index contributed by atoms with van der Waals surface area (Å²) in [6, 6.07) is 7.66. The number of carbonyl (C=O) groups excluding carboxylic acids is 2. The normalized spacial score (nSPS) is 16.5. The molecule has 2 aromatic rings. The van der Waals surface area contributed by atoms with Gasteiger partial charge in [0.15, 0.2) is 0 Å². The molecule has 0 aromatic heterocycles. The van der Waals surface area contributed by atoms with E-state index in [1.54, 1.807) is 6.07 Å². The number of thioether (sulfide) groups is 1. The Kier molecular flexibility index (Phi) is 5.60. The summed E-state index contributed by atoms with van der Waals surface area (Å²) in [5, 5.41) is 4.89. The Bertz CT molecular complexity index is 922. The van der Waals surface area contributed by atoms with Crippen LogP contribution in [-0.2, 0) is 15.8 Å². The summed E-state index contributed by atoms with van der Waals surface area (Å²) in [4.78, 5) is 24.9. The minimum Gasteiger partial charge on any atom is -0.325 e. The number of hydrogen-bond donors (Lipinski definition) is 2. The zero-order valence-electron chi connectivity index (χ0n) is 13.4. The Labute approximate surface area is 166 Å². The lowest BCUT2D eigenvalue weighted by molar-refractivity contribution is -0.137. The first-order chi connectivity index (χ1) is 12.6. The van der Waals surface area contributed by atoms with Crippen molar-refractivity contribution >= 4 is 58.2 Å². The van der Waals surface area contributed by atoms with Gasteiger partial charge < -0.3 is 10.6 Å². The molecule has 2 aromatic carbocycles. The Morgan fingerprint density at radius 3 is 2.63 bits per heavy atom. The largest absolute Gasteiger partial charge is 0.416 e. The van der Waals surface area contributed by atoms with Crippen molar-refractivity contribution in [1.29, 1.82) is 0 Å². The van der Waals surface area contributed by atoms with Crippen molar-refractivity contribution in [2.24, 2.45) is 0 Å². The standard InChI is InChI=1S/C17H11Cl2F3N2O2S/c18-9-2-3-10(19)11(6-9)23-15(25)7-14-16(26)24-12-5-8(17(20,21)22)1-4-13(12)27-14/h1-6,14H,7H2,(H,23,25)(H,24,26)/t14-/m1/s1. The summed E-state index contributed by atoms with van der Waals surface area (Å²) >= 11 is 12.9. The van der Waals surface area contributed by atoms with Crippen LogP contribution in [-0.4, -0.2) is 17.1 Å². The minimum atomic E-state index is -4.50. The highest BCUT2D eigenvalue weighted by atomic mass is 35.5. The predicted octanol–water partition coefficient (Wildman–Crippen LogP) is 5.45. The Hall–Kier alpha value is -1.90. The molecule has 0 saturated heterocycles. The van der Waals surface area contributed by atoms with Gasteiger partial charge in [-0.1, -0.05) is 23.2 Å². The molecule has 1 heterocycles. The molecular weight excluding hydrogens is 424 g/mol. The molecule has 27 heavy (non-hydrogen) atoms. The topological polar surface area (TPSA) is 58.2 Å². The van der Waals surface area contributed by atoms with E-state index in [2.05, 4.69) is 10.6 Å². The van der Waals surface area contributed by atoms with Crippen molar-refractivity contribution in [2.45, 2.75) is 22.7 Å². The summed E-state index contributed by atoms with van der Waals surface area (Å²) in [7, 11) is 0. The zero-order valence-corrected chi connectivity index (χ0v) is 15.7. The fraction of sp³-hybridized carbons (Fsp3) is 0.176. The lowest BCUT2D eigenvalue weighted by Crippen LogP contribution is -2.32. The van der Waals surface area contributed by atoms with Crippen molar-refractivity contribution in [3.63, 3.8) is 0 Å². The van der Waals surface area contributed by atoms with Gasteiger partial charge in [0.1, 0.15) is 0 Å². The molecule has 1 atom stereocenters. The molecule has 2 amide bonds. The van der Waals surface area contributed by atoms with E-state index in [4.69, 9.17) is 23.2 Å². The van der Waals surface area contributed by atoms with Crippen LogP contribution in [0.15, 0.2) is 41.3 Å². The smallest absolute Gasteiger partial charge is 0.325 e. The number of rotatable bonds is 3. The second kappa shape index (κ2) is 7.61. The van der Waals surface area contributed by atoms with Crippen LogP contribution < -0.4 is 10.6 Å². The van der Waals surface area contributed by atoms with Crippen LogP contribution in [0.4, 0.5) is 24.5 Å². The third-order valence-corrected chi connectivity index (χ3v) is 5.54. The van der Waals surface area contributed by atoms with Gasteiger partial charge >= 0.3 is 6.18 Å². The third-order valence-electron chi connectivity index (χ3n) is 3.70. The summed E-state index contributed by atoms with van der Waals surface area (Å²) < 4.78 is 38.3. The monoisotopic (exact) mass is 434 g/mol. The van der Waals surface area contributed by atoms with E-state index < -0.39 is 28.8 Å². The molecule has 3 rings (SSSR count). The Balaban J connectivity index is 1.71. The molecule has 0 aliphatic carbocycles. The van der Waals surface area contributed by atoms with Gasteiger partial charge in [-0.15, -0.1) is 11.8 Å². The molecule has 2 N–H and O–H groups in total. The third kappa shape index (κ3) is 4.69. The predicted molar refractivity (Wildman–Crippen MR) is 99.4 cm³/mol. The number of alkyl halides is 3. The number of fused-ring (bicyclic) bond motifs is 1. The van der Waals surface area contributed by atoms with Crippen LogP contribution in [0.3, 0.4) is 0 Å². The number of halogens is 5. The van der Waals surface area contributed by atoms with Gasteiger partial charge in [-0.05, 0) is 36.4 Å². The number of nitrogens with one attached hydrogen (secondary N) is 2. The van der Waals surface area contributed by atoms with Gasteiger partial charge in [0.25, 0.3) is 0 Å². The van der Waals surface area contributed by atoms with Crippen molar-refractivity contribution in [3.05, 3.63) is 52.0 Å². The zero-order chi connectivity index (χ0) is 19.8. The maximum Gasteiger partial charge on any atom is 0.416 e. The lowest BCUT2D eigenvalue weighted by atomic mass is 10.1. The molecule has 0 fully saturated rings. The minimum absolute atomic E-state index is 0.0781. The first-order valence-corrected chi connectivity index (χ1v) is 9.21. The fourth-order valence-corrected chi connectivity index (χ4v) is 3.85. The SMILES string of the molecule is O=C(C[C@H]1Sc2ccc(C(F)(F)F)cc2NC1=O)Nc1cc(Cl)ccc1Cl.